The Bertz CT molecular complexity index is 670. The van der Waals surface area contributed by atoms with Gasteiger partial charge in [0.25, 0.3) is 0 Å². The summed E-state index contributed by atoms with van der Waals surface area (Å²) in [7, 11) is 1.65. The van der Waals surface area contributed by atoms with Crippen molar-refractivity contribution < 1.29 is 14.3 Å². The number of aryl methyl sites for hydroxylation is 1. The second-order valence-electron chi connectivity index (χ2n) is 6.09. The van der Waals surface area contributed by atoms with E-state index in [0.717, 1.165) is 41.9 Å². The normalized spacial score (nSPS) is 16.1. The molecule has 0 radical (unpaired) electrons. The van der Waals surface area contributed by atoms with Crippen molar-refractivity contribution in [2.24, 2.45) is 5.92 Å². The first-order valence-electron chi connectivity index (χ1n) is 8.29. The molecule has 24 heavy (non-hydrogen) atoms. The number of nitrogens with one attached hydrogen (secondary N) is 2. The van der Waals surface area contributed by atoms with E-state index in [2.05, 4.69) is 21.6 Å². The molecule has 1 aliphatic rings. The number of aromatic nitrogens is 2. The molecule has 0 saturated carbocycles. The van der Waals surface area contributed by atoms with E-state index in [9.17, 15) is 4.79 Å². The molecule has 6 nitrogen and oxygen atoms in total. The molecule has 1 aromatic heterocycles. The average Bonchev–Trinajstić information content (AvgIpc) is 3.12. The summed E-state index contributed by atoms with van der Waals surface area (Å²) in [6.45, 7) is 1.24. The fourth-order valence-electron chi connectivity index (χ4n) is 2.96. The Morgan fingerprint density at radius 1 is 1.50 bits per heavy atom. The number of hydrogen-bond acceptors (Lipinski definition) is 4. The molecule has 0 fully saturated rings. The summed E-state index contributed by atoms with van der Waals surface area (Å²) in [5.41, 5.74) is 2.27. The molecule has 1 aliphatic heterocycles. The van der Waals surface area contributed by atoms with Crippen molar-refractivity contribution in [1.29, 1.82) is 0 Å². The molecule has 2 N–H and O–H groups in total. The zero-order valence-electron chi connectivity index (χ0n) is 13.9. The molecule has 1 amide bonds. The quantitative estimate of drug-likeness (QED) is 0.816. The van der Waals surface area contributed by atoms with E-state index in [1.54, 1.807) is 13.3 Å². The van der Waals surface area contributed by atoms with Gasteiger partial charge in [-0.1, -0.05) is 12.1 Å². The lowest BCUT2D eigenvalue weighted by molar-refractivity contribution is -0.121. The van der Waals surface area contributed by atoms with Crippen molar-refractivity contribution in [1.82, 2.24) is 15.5 Å². The van der Waals surface area contributed by atoms with E-state index in [-0.39, 0.29) is 5.91 Å². The molecule has 0 spiro atoms. The first kappa shape index (κ1) is 16.4. The van der Waals surface area contributed by atoms with E-state index in [0.29, 0.717) is 25.5 Å². The van der Waals surface area contributed by atoms with Crippen molar-refractivity contribution in [3.8, 4) is 11.5 Å². The molecule has 2 aromatic rings. The van der Waals surface area contributed by atoms with Crippen LogP contribution in [0.15, 0.2) is 30.6 Å². The predicted molar refractivity (Wildman–Crippen MR) is 90.2 cm³/mol. The molecule has 0 aliphatic carbocycles. The molecule has 128 valence electrons. The van der Waals surface area contributed by atoms with Crippen LogP contribution in [0.5, 0.6) is 11.5 Å². The Morgan fingerprint density at radius 2 is 2.42 bits per heavy atom. The summed E-state index contributed by atoms with van der Waals surface area (Å²) < 4.78 is 11.2. The maximum atomic E-state index is 12.0. The summed E-state index contributed by atoms with van der Waals surface area (Å²) in [6.07, 6.45) is 6.77. The van der Waals surface area contributed by atoms with Crippen molar-refractivity contribution >= 4 is 5.91 Å². The van der Waals surface area contributed by atoms with Gasteiger partial charge in [-0.3, -0.25) is 9.89 Å². The Morgan fingerprint density at radius 3 is 3.21 bits per heavy atom. The molecule has 2 heterocycles. The molecule has 1 atom stereocenters. The zero-order valence-corrected chi connectivity index (χ0v) is 13.9. The number of para-hydroxylation sites is 1. The maximum absolute atomic E-state index is 12.0. The van der Waals surface area contributed by atoms with E-state index in [1.807, 2.05) is 18.3 Å². The topological polar surface area (TPSA) is 76.2 Å². The number of H-pyrrole nitrogens is 1. The van der Waals surface area contributed by atoms with E-state index in [4.69, 9.17) is 9.47 Å². The van der Waals surface area contributed by atoms with Gasteiger partial charge in [0, 0.05) is 25.1 Å². The van der Waals surface area contributed by atoms with Crippen molar-refractivity contribution in [2.75, 3.05) is 20.3 Å². The van der Waals surface area contributed by atoms with Crippen LogP contribution in [0.25, 0.3) is 0 Å². The summed E-state index contributed by atoms with van der Waals surface area (Å²) in [6, 6.07) is 5.93. The van der Waals surface area contributed by atoms with Gasteiger partial charge >= 0.3 is 0 Å². The Kier molecular flexibility index (Phi) is 5.36. The van der Waals surface area contributed by atoms with Gasteiger partial charge in [0.15, 0.2) is 11.5 Å². The van der Waals surface area contributed by atoms with Crippen LogP contribution in [0.4, 0.5) is 0 Å². The number of benzene rings is 1. The van der Waals surface area contributed by atoms with Crippen LogP contribution in [0.2, 0.25) is 0 Å². The first-order chi connectivity index (χ1) is 11.8. The number of rotatable bonds is 7. The van der Waals surface area contributed by atoms with E-state index in [1.165, 1.54) is 0 Å². The minimum atomic E-state index is 0.0925. The monoisotopic (exact) mass is 329 g/mol. The Hall–Kier alpha value is -2.50. The standard InChI is InChI=1S/C18H23N3O3/c1-23-16-6-3-5-15-8-14(12-24-18(15)16)9-19-17(22)7-2-4-13-10-20-21-11-13/h3,5-6,10-11,14H,2,4,7-9,12H2,1H3,(H,19,22)(H,20,21)/t14-/m1/s1. The highest BCUT2D eigenvalue weighted by atomic mass is 16.5. The Balaban J connectivity index is 1.41. The smallest absolute Gasteiger partial charge is 0.220 e. The van der Waals surface area contributed by atoms with Gasteiger partial charge in [0.1, 0.15) is 0 Å². The molecule has 6 heteroatoms. The molecule has 0 bridgehead atoms. The second-order valence-corrected chi connectivity index (χ2v) is 6.09. The van der Waals surface area contributed by atoms with Crippen LogP contribution in [-0.2, 0) is 17.6 Å². The molecular weight excluding hydrogens is 306 g/mol. The van der Waals surface area contributed by atoms with Gasteiger partial charge in [0.05, 0.1) is 19.9 Å². The van der Waals surface area contributed by atoms with Gasteiger partial charge in [-0.2, -0.15) is 5.10 Å². The highest BCUT2D eigenvalue weighted by Gasteiger charge is 2.22. The number of methoxy groups -OCH3 is 1. The number of aromatic amines is 1. The average molecular weight is 329 g/mol. The fraction of sp³-hybridized carbons (Fsp3) is 0.444. The minimum Gasteiger partial charge on any atom is -0.493 e. The third kappa shape index (κ3) is 4.07. The summed E-state index contributed by atoms with van der Waals surface area (Å²) in [5, 5.41) is 9.70. The van der Waals surface area contributed by atoms with Crippen molar-refractivity contribution in [3.63, 3.8) is 0 Å². The Labute approximate surface area is 141 Å². The van der Waals surface area contributed by atoms with Crippen LogP contribution in [0.3, 0.4) is 0 Å². The minimum absolute atomic E-state index is 0.0925. The van der Waals surface area contributed by atoms with Crippen LogP contribution in [0, 0.1) is 5.92 Å². The summed E-state index contributed by atoms with van der Waals surface area (Å²) in [5.74, 6) is 1.99. The second kappa shape index (κ2) is 7.86. The van der Waals surface area contributed by atoms with Crippen LogP contribution >= 0.6 is 0 Å². The number of amides is 1. The first-order valence-corrected chi connectivity index (χ1v) is 8.29. The van der Waals surface area contributed by atoms with Gasteiger partial charge < -0.3 is 14.8 Å². The third-order valence-corrected chi connectivity index (χ3v) is 4.26. The van der Waals surface area contributed by atoms with E-state index < -0.39 is 0 Å². The fourth-order valence-corrected chi connectivity index (χ4v) is 2.96. The summed E-state index contributed by atoms with van der Waals surface area (Å²) in [4.78, 5) is 12.0. The largest absolute Gasteiger partial charge is 0.493 e. The molecule has 0 saturated heterocycles. The lowest BCUT2D eigenvalue weighted by atomic mass is 9.96. The number of fused-ring (bicyclic) bond motifs is 1. The number of nitrogens with zero attached hydrogens (tertiary/aromatic N) is 1. The van der Waals surface area contributed by atoms with Crippen LogP contribution in [0.1, 0.15) is 24.0 Å². The zero-order chi connectivity index (χ0) is 16.8. The molecule has 0 unspecified atom stereocenters. The SMILES string of the molecule is COc1cccc2c1OC[C@@H](CNC(=O)CCCc1cn[nH]c1)C2. The van der Waals surface area contributed by atoms with Crippen molar-refractivity contribution in [2.45, 2.75) is 25.7 Å². The third-order valence-electron chi connectivity index (χ3n) is 4.26. The number of hydrogen-bond donors (Lipinski definition) is 2. The molecule has 3 rings (SSSR count). The van der Waals surface area contributed by atoms with Gasteiger partial charge in [-0.25, -0.2) is 0 Å². The number of ether oxygens (including phenoxy) is 2. The van der Waals surface area contributed by atoms with Crippen LogP contribution in [-0.4, -0.2) is 36.4 Å². The number of carbonyl (C=O) groups excluding carboxylic acids is 1. The van der Waals surface area contributed by atoms with E-state index >= 15 is 0 Å². The lowest BCUT2D eigenvalue weighted by Crippen LogP contribution is -2.34. The van der Waals surface area contributed by atoms with Gasteiger partial charge in [-0.15, -0.1) is 0 Å². The number of carbonyl (C=O) groups is 1. The maximum Gasteiger partial charge on any atom is 0.220 e. The summed E-state index contributed by atoms with van der Waals surface area (Å²) >= 11 is 0. The lowest BCUT2D eigenvalue weighted by Gasteiger charge is -2.26. The highest BCUT2D eigenvalue weighted by Crippen LogP contribution is 2.35. The van der Waals surface area contributed by atoms with Crippen LogP contribution < -0.4 is 14.8 Å². The molecular formula is C18H23N3O3. The highest BCUT2D eigenvalue weighted by molar-refractivity contribution is 5.75. The van der Waals surface area contributed by atoms with Gasteiger partial charge in [0.2, 0.25) is 5.91 Å². The van der Waals surface area contributed by atoms with Crippen molar-refractivity contribution in [3.05, 3.63) is 41.7 Å². The molecule has 1 aromatic carbocycles. The van der Waals surface area contributed by atoms with Gasteiger partial charge in [-0.05, 0) is 36.5 Å². The predicted octanol–water partition coefficient (Wildman–Crippen LogP) is 2.11.